The molecule has 2 saturated heterocycles. The van der Waals surface area contributed by atoms with Crippen LogP contribution >= 0.6 is 0 Å². The lowest BCUT2D eigenvalue weighted by molar-refractivity contribution is 0.0752. The Labute approximate surface area is 263 Å². The number of nitrogens with one attached hydrogen (secondary N) is 2. The summed E-state index contributed by atoms with van der Waals surface area (Å²) in [7, 11) is -1.44. The number of nitrogens with zero attached hydrogens (tertiary/aromatic N) is 5. The molecule has 0 saturated carbocycles. The number of aromatic nitrogens is 3. The summed E-state index contributed by atoms with van der Waals surface area (Å²) in [5.41, 5.74) is 1.92. The summed E-state index contributed by atoms with van der Waals surface area (Å²) in [5.74, 6) is 2.66. The lowest BCUT2D eigenvalue weighted by Crippen LogP contribution is -2.43. The highest BCUT2D eigenvalue weighted by Gasteiger charge is 2.22. The molecular formula is C32H34FN7O4S. The maximum atomic E-state index is 15.1. The van der Waals surface area contributed by atoms with Crippen LogP contribution in [0.15, 0.2) is 64.4 Å². The van der Waals surface area contributed by atoms with E-state index in [4.69, 9.17) is 9.47 Å². The summed E-state index contributed by atoms with van der Waals surface area (Å²) >= 11 is 0. The number of piperazine rings is 1. The third-order valence-corrected chi connectivity index (χ3v) is 9.19. The van der Waals surface area contributed by atoms with Gasteiger partial charge in [0.25, 0.3) is 5.56 Å². The minimum Gasteiger partial charge on any atom is -0.447 e. The summed E-state index contributed by atoms with van der Waals surface area (Å²) in [6, 6.07) is 13.9. The highest BCUT2D eigenvalue weighted by Crippen LogP contribution is 2.26. The fourth-order valence-corrected chi connectivity index (χ4v) is 6.63. The van der Waals surface area contributed by atoms with Gasteiger partial charge >= 0.3 is 0 Å². The Bertz CT molecular complexity index is 1830. The van der Waals surface area contributed by atoms with Crippen molar-refractivity contribution in [2.75, 3.05) is 69.3 Å². The average Bonchev–Trinajstić information content (AvgIpc) is 3.07. The standard InChI is InChI=1S/C32H34FN7O4S/c1-2-43-16-9-23-19-25-21-35-32(36-26-7-8-28(27(33)20-26)38-12-10-34-11-13-38)37-30(25)40(31(23)41)22-24-5-3-4-6-29(24)45(42)39-14-17-44-18-15-39/h3-8,19-21,34H,2,10-15,17-18,22H2,1H3,(H,35,36,37). The highest BCUT2D eigenvalue weighted by atomic mass is 32.2. The molecule has 0 spiro atoms. The third kappa shape index (κ3) is 6.99. The maximum absolute atomic E-state index is 15.1. The summed E-state index contributed by atoms with van der Waals surface area (Å²) in [5, 5.41) is 6.93. The van der Waals surface area contributed by atoms with Gasteiger partial charge in [-0.1, -0.05) is 18.2 Å². The van der Waals surface area contributed by atoms with Gasteiger partial charge in [0.15, 0.2) is 0 Å². The zero-order chi connectivity index (χ0) is 31.2. The van der Waals surface area contributed by atoms with Crippen LogP contribution in [0.3, 0.4) is 0 Å². The summed E-state index contributed by atoms with van der Waals surface area (Å²) < 4.78 is 42.7. The molecule has 0 amide bonds. The molecule has 2 aliphatic rings. The monoisotopic (exact) mass is 631 g/mol. The molecule has 0 bridgehead atoms. The Morgan fingerprint density at radius 2 is 1.91 bits per heavy atom. The molecule has 2 N–H and O–H groups in total. The molecule has 2 aromatic heterocycles. The maximum Gasteiger partial charge on any atom is 0.268 e. The molecule has 1 unspecified atom stereocenters. The molecule has 0 aliphatic carbocycles. The van der Waals surface area contributed by atoms with Crippen LogP contribution in [0.25, 0.3) is 11.0 Å². The van der Waals surface area contributed by atoms with Gasteiger partial charge in [0.2, 0.25) is 5.95 Å². The Hall–Kier alpha value is -4.35. The van der Waals surface area contributed by atoms with Crippen LogP contribution < -0.4 is 21.1 Å². The van der Waals surface area contributed by atoms with E-state index in [2.05, 4.69) is 32.6 Å². The van der Waals surface area contributed by atoms with Crippen molar-refractivity contribution in [2.45, 2.75) is 18.4 Å². The van der Waals surface area contributed by atoms with Crippen molar-refractivity contribution in [3.8, 4) is 12.0 Å². The van der Waals surface area contributed by atoms with E-state index in [1.165, 1.54) is 10.6 Å². The van der Waals surface area contributed by atoms with Crippen LogP contribution in [-0.4, -0.2) is 82.1 Å². The van der Waals surface area contributed by atoms with E-state index >= 15 is 4.39 Å². The van der Waals surface area contributed by atoms with Crippen LogP contribution in [-0.2, 0) is 27.0 Å². The predicted octanol–water partition coefficient (Wildman–Crippen LogP) is 2.83. The van der Waals surface area contributed by atoms with Crippen molar-refractivity contribution in [1.82, 2.24) is 24.2 Å². The molecule has 11 nitrogen and oxygen atoms in total. The third-order valence-electron chi connectivity index (χ3n) is 7.58. The van der Waals surface area contributed by atoms with E-state index in [1.54, 1.807) is 24.4 Å². The molecule has 4 heterocycles. The normalized spacial score (nSPS) is 16.2. The van der Waals surface area contributed by atoms with E-state index in [0.29, 0.717) is 65.8 Å². The molecular weight excluding hydrogens is 597 g/mol. The van der Waals surface area contributed by atoms with E-state index in [9.17, 15) is 9.00 Å². The lowest BCUT2D eigenvalue weighted by atomic mass is 10.2. The second-order valence-corrected chi connectivity index (χ2v) is 12.0. The Morgan fingerprint density at radius 3 is 2.69 bits per heavy atom. The summed E-state index contributed by atoms with van der Waals surface area (Å²) in [6.07, 6.45) is 4.16. The molecule has 2 aromatic carbocycles. The molecule has 45 heavy (non-hydrogen) atoms. The minimum atomic E-state index is -1.44. The number of rotatable bonds is 8. The number of fused-ring (bicyclic) bond motifs is 1. The fraction of sp³-hybridized carbons (Fsp3) is 0.344. The first-order chi connectivity index (χ1) is 22.0. The van der Waals surface area contributed by atoms with Crippen LogP contribution in [0, 0.1) is 17.8 Å². The highest BCUT2D eigenvalue weighted by molar-refractivity contribution is 7.82. The van der Waals surface area contributed by atoms with Crippen LogP contribution in [0.4, 0.5) is 21.7 Å². The Kier molecular flexibility index (Phi) is 9.66. The van der Waals surface area contributed by atoms with Crippen LogP contribution in [0.1, 0.15) is 18.1 Å². The Balaban J connectivity index is 1.36. The second kappa shape index (κ2) is 14.2. The molecule has 0 radical (unpaired) electrons. The molecule has 234 valence electrons. The predicted molar refractivity (Wildman–Crippen MR) is 171 cm³/mol. The summed E-state index contributed by atoms with van der Waals surface area (Å²) in [6.45, 7) is 7.46. The largest absolute Gasteiger partial charge is 0.447 e. The average molecular weight is 632 g/mol. The number of pyridine rings is 1. The van der Waals surface area contributed by atoms with Crippen molar-refractivity contribution < 1.29 is 18.1 Å². The van der Waals surface area contributed by atoms with Gasteiger partial charge in [-0.25, -0.2) is 17.9 Å². The first-order valence-electron chi connectivity index (χ1n) is 14.9. The topological polar surface area (TPSA) is 114 Å². The van der Waals surface area contributed by atoms with Crippen molar-refractivity contribution >= 4 is 39.3 Å². The molecule has 4 aromatic rings. The summed E-state index contributed by atoms with van der Waals surface area (Å²) in [4.78, 5) is 25.6. The van der Waals surface area contributed by atoms with Crippen LogP contribution in [0.2, 0.25) is 0 Å². The molecule has 1 atom stereocenters. The molecule has 2 fully saturated rings. The number of halogens is 1. The molecule has 13 heteroatoms. The second-order valence-electron chi connectivity index (χ2n) is 10.5. The number of anilines is 3. The van der Waals surface area contributed by atoms with Gasteiger partial charge in [-0.3, -0.25) is 9.36 Å². The minimum absolute atomic E-state index is 0.0935. The van der Waals surface area contributed by atoms with E-state index in [-0.39, 0.29) is 29.4 Å². The molecule has 2 aliphatic heterocycles. The van der Waals surface area contributed by atoms with Gasteiger partial charge in [0.05, 0.1) is 42.5 Å². The van der Waals surface area contributed by atoms with Crippen molar-refractivity contribution in [2.24, 2.45) is 0 Å². The SMILES string of the molecule is CCOC#Cc1cc2cnc(Nc3ccc(N4CCNCC4)c(F)c3)nc2n(Cc2ccccc2S(=O)N2CCOCC2)c1=O. The van der Waals surface area contributed by atoms with E-state index in [0.717, 1.165) is 26.2 Å². The number of ether oxygens (including phenoxy) is 2. The fourth-order valence-electron chi connectivity index (χ4n) is 5.32. The number of hydrogen-bond acceptors (Lipinski definition) is 9. The van der Waals surface area contributed by atoms with Crippen molar-refractivity contribution in [1.29, 1.82) is 0 Å². The van der Waals surface area contributed by atoms with Gasteiger partial charge in [0.1, 0.15) is 28.6 Å². The van der Waals surface area contributed by atoms with Gasteiger partial charge in [-0.15, -0.1) is 0 Å². The van der Waals surface area contributed by atoms with Gasteiger partial charge < -0.3 is 25.0 Å². The van der Waals surface area contributed by atoms with Crippen molar-refractivity contribution in [3.63, 3.8) is 0 Å². The van der Waals surface area contributed by atoms with Gasteiger partial charge in [0, 0.05) is 56.5 Å². The smallest absolute Gasteiger partial charge is 0.268 e. The van der Waals surface area contributed by atoms with E-state index < -0.39 is 11.0 Å². The first kappa shape index (κ1) is 30.7. The number of morpholine rings is 1. The first-order valence-corrected chi connectivity index (χ1v) is 16.0. The zero-order valence-corrected chi connectivity index (χ0v) is 25.7. The van der Waals surface area contributed by atoms with Gasteiger partial charge in [-0.05, 0) is 48.7 Å². The number of benzene rings is 2. The van der Waals surface area contributed by atoms with Crippen molar-refractivity contribution in [3.05, 3.63) is 82.0 Å². The zero-order valence-electron chi connectivity index (χ0n) is 24.9. The van der Waals surface area contributed by atoms with E-state index in [1.807, 2.05) is 40.4 Å². The molecule has 6 rings (SSSR count). The van der Waals surface area contributed by atoms with Crippen LogP contribution in [0.5, 0.6) is 0 Å². The quantitative estimate of drug-likeness (QED) is 0.284. The Morgan fingerprint density at radius 1 is 1.11 bits per heavy atom. The number of hydrogen-bond donors (Lipinski definition) is 2. The van der Waals surface area contributed by atoms with Gasteiger partial charge in [-0.2, -0.15) is 4.98 Å². The lowest BCUT2D eigenvalue weighted by Gasteiger charge is -2.29.